The normalized spacial score (nSPS) is 19.4. The molecule has 1 fully saturated rings. The predicted octanol–water partition coefficient (Wildman–Crippen LogP) is 2.68. The minimum Gasteiger partial charge on any atom is -0.504 e. The Bertz CT molecular complexity index is 3720. The van der Waals surface area contributed by atoms with Gasteiger partial charge in [0.2, 0.25) is 46.9 Å². The fourth-order valence-corrected chi connectivity index (χ4v) is 8.72. The molecule has 6 aromatic rings. The molecular weight excluding hydrogens is 1060 g/mol. The molecule has 0 saturated carbocycles. The van der Waals surface area contributed by atoms with E-state index >= 15 is 4.79 Å². The standard InChI is InChI=1S/C48H30O30/c49-15-1-9(2-16(50)27(15)54)42(65)78-48-41-40-39-22(74-48)8-71-43(66)12-6-20(31(58)35(62)25(12)23-10(44(67)75-39)3-17(51)28(55)33(23)60)72-38-14(5-19(53)30(57)37(38)64)47(70)73-21-7-13(46(69)76-40)26(36(63)32(21)59)24-11(45(68)77-41)4-18(52)29(56)34(24)61/h1-7,22,39-41,48-64H,8H2. The molecule has 5 atom stereocenters. The topological polar surface area (TPSA) is 500 Å². The van der Waals surface area contributed by atoms with E-state index in [9.17, 15) is 106 Å². The van der Waals surface area contributed by atoms with Crippen LogP contribution >= 0.6 is 0 Å². The highest BCUT2D eigenvalue weighted by molar-refractivity contribution is 6.11. The van der Waals surface area contributed by atoms with Gasteiger partial charge >= 0.3 is 35.8 Å². The number of ether oxygens (including phenoxy) is 8. The first-order chi connectivity index (χ1) is 36.8. The SMILES string of the molecule is O=C(OC1OC2COC(=O)c3cc4c(O)c(O)c3-c3c(cc(O)c(O)c3O)C(=O)OC2C2OC(=O)c3cc(c(O)c(O)c3-c3c(cc(O)c(O)c3O)C(=O)OC12)OC(=O)c1cc(O)c(O)c(O)c1O4)c1cc(O)c(O)c(O)c1. The summed E-state index contributed by atoms with van der Waals surface area (Å²) in [5, 5.41) is 175. The van der Waals surface area contributed by atoms with E-state index in [1.807, 2.05) is 0 Å². The Morgan fingerprint density at radius 3 is 1.31 bits per heavy atom. The van der Waals surface area contributed by atoms with Crippen molar-refractivity contribution in [2.75, 3.05) is 6.61 Å². The Labute approximate surface area is 428 Å². The number of rotatable bonds is 2. The number of esters is 6. The maximum Gasteiger partial charge on any atom is 0.347 e. The van der Waals surface area contributed by atoms with Crippen LogP contribution in [0, 0.1) is 0 Å². The first kappa shape index (κ1) is 50.2. The second-order valence-corrected chi connectivity index (χ2v) is 17.0. The molecule has 10 rings (SSSR count). The Kier molecular flexibility index (Phi) is 11.4. The molecule has 0 spiro atoms. The molecule has 5 unspecified atom stereocenters. The lowest BCUT2D eigenvalue weighted by molar-refractivity contribution is -0.282. The number of phenolic OH excluding ortho intramolecular Hbond substituents is 16. The van der Waals surface area contributed by atoms with Crippen LogP contribution in [-0.2, 0) is 28.4 Å². The van der Waals surface area contributed by atoms with Crippen molar-refractivity contribution in [1.82, 2.24) is 0 Å². The zero-order chi connectivity index (χ0) is 56.4. The lowest BCUT2D eigenvalue weighted by atomic mass is 9.90. The predicted molar refractivity (Wildman–Crippen MR) is 240 cm³/mol. The molecule has 0 amide bonds. The van der Waals surface area contributed by atoms with Crippen LogP contribution in [0.3, 0.4) is 0 Å². The molecule has 4 heterocycles. The lowest BCUT2D eigenvalue weighted by Gasteiger charge is -2.44. The number of fused-ring (bicyclic) bond motifs is 10. The van der Waals surface area contributed by atoms with Crippen molar-refractivity contribution < 1.29 is 148 Å². The Hall–Kier alpha value is -11.3. The quantitative estimate of drug-likeness (QED) is 0.0513. The molecule has 16 N–H and O–H groups in total. The Balaban J connectivity index is 1.31. The number of aromatic hydroxyl groups is 16. The maximum absolute atomic E-state index is 15.0. The molecule has 7 bridgehead atoms. The first-order valence-electron chi connectivity index (χ1n) is 21.6. The monoisotopic (exact) mass is 1090 g/mol. The summed E-state index contributed by atoms with van der Waals surface area (Å²) in [5.74, 6) is -37.7. The van der Waals surface area contributed by atoms with Gasteiger partial charge in [0.05, 0.1) is 27.8 Å². The highest BCUT2D eigenvalue weighted by Crippen LogP contribution is 2.57. The van der Waals surface area contributed by atoms with Crippen molar-refractivity contribution in [3.63, 3.8) is 0 Å². The number of carbonyl (C=O) groups is 6. The van der Waals surface area contributed by atoms with Gasteiger partial charge in [0.15, 0.2) is 87.0 Å². The van der Waals surface area contributed by atoms with Gasteiger partial charge in [0.25, 0.3) is 0 Å². The zero-order valence-electron chi connectivity index (χ0n) is 38.0. The maximum atomic E-state index is 15.0. The van der Waals surface area contributed by atoms with Crippen molar-refractivity contribution in [1.29, 1.82) is 0 Å². The van der Waals surface area contributed by atoms with Gasteiger partial charge in [0, 0.05) is 40.5 Å². The molecule has 0 radical (unpaired) electrons. The molecule has 78 heavy (non-hydrogen) atoms. The van der Waals surface area contributed by atoms with Crippen LogP contribution in [-0.4, -0.2) is 155 Å². The third-order valence-electron chi connectivity index (χ3n) is 12.4. The second-order valence-electron chi connectivity index (χ2n) is 17.0. The highest BCUT2D eigenvalue weighted by Gasteiger charge is 2.56. The molecule has 6 aromatic carbocycles. The molecule has 0 aromatic heterocycles. The van der Waals surface area contributed by atoms with Crippen molar-refractivity contribution >= 4 is 35.8 Å². The van der Waals surface area contributed by atoms with E-state index in [2.05, 4.69) is 0 Å². The molecule has 4 aliphatic heterocycles. The fraction of sp³-hybridized carbons (Fsp3) is 0.125. The van der Waals surface area contributed by atoms with Crippen LogP contribution in [0.5, 0.6) is 109 Å². The minimum atomic E-state index is -2.63. The largest absolute Gasteiger partial charge is 0.504 e. The summed E-state index contributed by atoms with van der Waals surface area (Å²) >= 11 is 0. The number of hydrogen-bond acceptors (Lipinski definition) is 30. The van der Waals surface area contributed by atoms with Crippen molar-refractivity contribution in [2.45, 2.75) is 30.7 Å². The summed E-state index contributed by atoms with van der Waals surface area (Å²) < 4.78 is 45.1. The molecule has 0 aliphatic carbocycles. The third-order valence-corrected chi connectivity index (χ3v) is 12.4. The van der Waals surface area contributed by atoms with E-state index in [4.69, 9.17) is 37.9 Å². The van der Waals surface area contributed by atoms with E-state index in [0.29, 0.717) is 42.5 Å². The Morgan fingerprint density at radius 2 is 0.795 bits per heavy atom. The summed E-state index contributed by atoms with van der Waals surface area (Å²) in [6.45, 7) is -1.35. The third kappa shape index (κ3) is 7.61. The zero-order valence-corrected chi connectivity index (χ0v) is 38.0. The number of hydrogen-bond donors (Lipinski definition) is 16. The van der Waals surface area contributed by atoms with Crippen molar-refractivity contribution in [3.05, 3.63) is 75.8 Å². The van der Waals surface area contributed by atoms with Gasteiger partial charge < -0.3 is 120 Å². The smallest absolute Gasteiger partial charge is 0.347 e. The van der Waals surface area contributed by atoms with Crippen molar-refractivity contribution in [3.8, 4) is 131 Å². The summed E-state index contributed by atoms with van der Waals surface area (Å²) in [7, 11) is 0. The highest BCUT2D eigenvalue weighted by atomic mass is 16.7. The van der Waals surface area contributed by atoms with E-state index < -0.39 is 238 Å². The van der Waals surface area contributed by atoms with Crippen LogP contribution in [0.25, 0.3) is 22.3 Å². The van der Waals surface area contributed by atoms with E-state index in [-0.39, 0.29) is 0 Å². The summed E-state index contributed by atoms with van der Waals surface area (Å²) in [4.78, 5) is 87.1. The number of benzene rings is 6. The second kappa shape index (κ2) is 17.7. The summed E-state index contributed by atoms with van der Waals surface area (Å²) in [5.41, 5.74) is -11.6. The van der Waals surface area contributed by atoms with Gasteiger partial charge in [-0.3, -0.25) is 0 Å². The number of phenols is 16. The lowest BCUT2D eigenvalue weighted by Crippen LogP contribution is -2.63. The van der Waals surface area contributed by atoms with E-state index in [1.54, 1.807) is 0 Å². The average molecular weight is 1090 g/mol. The van der Waals surface area contributed by atoms with E-state index in [0.717, 1.165) is 0 Å². The molecule has 30 heteroatoms. The Morgan fingerprint density at radius 1 is 0.397 bits per heavy atom. The van der Waals surface area contributed by atoms with Crippen molar-refractivity contribution in [2.24, 2.45) is 0 Å². The summed E-state index contributed by atoms with van der Waals surface area (Å²) in [6.07, 6.45) is -12.6. The van der Waals surface area contributed by atoms with Crippen LogP contribution in [0.1, 0.15) is 62.1 Å². The van der Waals surface area contributed by atoms with E-state index in [1.165, 1.54) is 0 Å². The summed E-state index contributed by atoms with van der Waals surface area (Å²) in [6, 6.07) is 2.90. The van der Waals surface area contributed by atoms with Crippen LogP contribution in [0.2, 0.25) is 0 Å². The average Bonchev–Trinajstić information content (AvgIpc) is 3.54. The molecule has 4 aliphatic rings. The van der Waals surface area contributed by atoms with Gasteiger partial charge in [-0.15, -0.1) is 0 Å². The van der Waals surface area contributed by atoms with Gasteiger partial charge in [-0.25, -0.2) is 28.8 Å². The van der Waals surface area contributed by atoms with Gasteiger partial charge in [0.1, 0.15) is 18.3 Å². The van der Waals surface area contributed by atoms with Crippen LogP contribution < -0.4 is 9.47 Å². The van der Waals surface area contributed by atoms with Crippen LogP contribution in [0.15, 0.2) is 42.5 Å². The molecular formula is C48H30O30. The van der Waals surface area contributed by atoms with Crippen LogP contribution in [0.4, 0.5) is 0 Å². The molecule has 30 nitrogen and oxygen atoms in total. The minimum absolute atomic E-state index is 0.329. The van der Waals surface area contributed by atoms with Gasteiger partial charge in [-0.1, -0.05) is 0 Å². The van der Waals surface area contributed by atoms with Gasteiger partial charge in [-0.05, 0) is 24.3 Å². The fourth-order valence-electron chi connectivity index (χ4n) is 8.72. The first-order valence-corrected chi connectivity index (χ1v) is 21.6. The molecule has 402 valence electrons. The van der Waals surface area contributed by atoms with Gasteiger partial charge in [-0.2, -0.15) is 0 Å². The number of carbonyl (C=O) groups excluding carboxylic acids is 6. The molecule has 1 saturated heterocycles.